The quantitative estimate of drug-likeness (QED) is 0.676. The minimum absolute atomic E-state index is 0.548. The molecule has 0 radical (unpaired) electrons. The minimum atomic E-state index is -2.85. The summed E-state index contributed by atoms with van der Waals surface area (Å²) in [6, 6.07) is 0. The number of hydrogen-bond acceptors (Lipinski definition) is 1. The van der Waals surface area contributed by atoms with Crippen LogP contribution < -0.4 is 0 Å². The van der Waals surface area contributed by atoms with E-state index in [1.54, 1.807) is 0 Å². The van der Waals surface area contributed by atoms with E-state index >= 15 is 0 Å². The standard InChI is InChI=1S/C7H7O.C5H5.Co/c1-6(8)7-4-2-3-5-7;1-2-4-5-3-1;/h2-5H,1H3;1-5H;. The van der Waals surface area contributed by atoms with Gasteiger partial charge in [0, 0.05) is 0 Å². The average molecular weight is 231 g/mol. The van der Waals surface area contributed by atoms with Gasteiger partial charge in [0.2, 0.25) is 0 Å². The zero-order valence-electron chi connectivity index (χ0n) is 7.94. The van der Waals surface area contributed by atoms with Crippen molar-refractivity contribution in [2.45, 2.75) is 54.9 Å². The topological polar surface area (TPSA) is 17.1 Å². The number of carbonyl (C=O) groups is 1. The molecular formula is C12H12CoO. The van der Waals surface area contributed by atoms with Crippen LogP contribution in [0.1, 0.15) is 6.92 Å². The van der Waals surface area contributed by atoms with E-state index in [-0.39, 0.29) is 0 Å². The fraction of sp³-hybridized carbons (Fsp3) is 0.917. The van der Waals surface area contributed by atoms with E-state index in [9.17, 15) is 4.79 Å². The van der Waals surface area contributed by atoms with Gasteiger partial charge in [0.1, 0.15) is 0 Å². The molecule has 10 fully saturated rings. The van der Waals surface area contributed by atoms with Crippen molar-refractivity contribution in [2.75, 3.05) is 0 Å². The molecule has 10 rings (SSSR count). The van der Waals surface area contributed by atoms with E-state index in [1.165, 1.54) is 43.7 Å². The van der Waals surface area contributed by atoms with Crippen LogP contribution in [0.2, 0.25) is 48.0 Å². The summed E-state index contributed by atoms with van der Waals surface area (Å²) in [6.07, 6.45) is -2.85. The number of Topliss-reactive ketones (excluding diaryl/α,β-unsaturated/α-hetero) is 1. The third-order valence-electron chi connectivity index (χ3n) is 14.4. The number of carbonyl (C=O) groups excluding carboxylic acids is 1. The van der Waals surface area contributed by atoms with Gasteiger partial charge in [0.15, 0.2) is 0 Å². The first-order valence-corrected chi connectivity index (χ1v) is 12.0. The molecule has 0 aromatic carbocycles. The molecule has 1 spiro atoms. The molecule has 2 heteroatoms. The van der Waals surface area contributed by atoms with Gasteiger partial charge in [-0.1, -0.05) is 0 Å². The Morgan fingerprint density at radius 3 is 1.43 bits per heavy atom. The SMILES string of the molecule is CC(=O)[C]12[CH]3[CH]4[CH]5[CH]1[Co]45321678[CH]2[CH]1[CH]6[CH]7[CH]28. The maximum atomic E-state index is 12.2. The molecule has 1 nitrogen and oxygen atoms in total. The van der Waals surface area contributed by atoms with Crippen molar-refractivity contribution < 1.29 is 11.2 Å². The second kappa shape index (κ2) is 0.296. The first-order chi connectivity index (χ1) is 6.49. The Balaban J connectivity index is 1.98. The number of rotatable bonds is 1. The van der Waals surface area contributed by atoms with Crippen LogP contribution in [0.5, 0.6) is 0 Å². The van der Waals surface area contributed by atoms with Crippen LogP contribution in [-0.2, 0) is 11.2 Å². The predicted octanol–water partition coefficient (Wildman–Crippen LogP) is 3.33. The Kier molecular flexibility index (Phi) is 0.0970. The molecule has 10 aliphatic rings. The monoisotopic (exact) mass is 231 g/mol. The number of hydrogen-bond donors (Lipinski definition) is 0. The van der Waals surface area contributed by atoms with Crippen LogP contribution in [0.4, 0.5) is 0 Å². The number of fused-ring (bicyclic) bond motifs is 10. The average Bonchev–Trinajstić information content (AvgIpc) is 3.13. The summed E-state index contributed by atoms with van der Waals surface area (Å²) in [5.74, 6) is 0.723. The summed E-state index contributed by atoms with van der Waals surface area (Å²) in [5.41, 5.74) is 0. The molecule has 10 saturated heterocycles. The normalized spacial score (nSPS) is 142. The van der Waals surface area contributed by atoms with Gasteiger partial charge in [-0.3, -0.25) is 0 Å². The first-order valence-electron chi connectivity index (χ1n) is 6.10. The van der Waals surface area contributed by atoms with Crippen LogP contribution in [0.3, 0.4) is 0 Å². The van der Waals surface area contributed by atoms with E-state index in [2.05, 4.69) is 0 Å². The molecule has 75 valence electrons. The molecule has 4 unspecified atom stereocenters. The zero-order valence-corrected chi connectivity index (χ0v) is 8.98. The van der Waals surface area contributed by atoms with Gasteiger partial charge in [-0.25, -0.2) is 0 Å². The number of ketones is 1. The van der Waals surface area contributed by atoms with Gasteiger partial charge in [-0.15, -0.1) is 0 Å². The van der Waals surface area contributed by atoms with E-state index in [4.69, 9.17) is 0 Å². The molecular weight excluding hydrogens is 219 g/mol. The second-order valence-corrected chi connectivity index (χ2v) is 32.0. The summed E-state index contributed by atoms with van der Waals surface area (Å²) >= 11 is 0. The molecule has 10 heterocycles. The summed E-state index contributed by atoms with van der Waals surface area (Å²) in [5, 5.41) is 0. The van der Waals surface area contributed by atoms with Gasteiger partial charge < -0.3 is 0 Å². The molecule has 0 aromatic rings. The molecule has 0 aliphatic carbocycles. The van der Waals surface area contributed by atoms with Crippen molar-refractivity contribution in [1.82, 2.24) is 0 Å². The summed E-state index contributed by atoms with van der Waals surface area (Å²) in [4.78, 5) is 23.8. The first kappa shape index (κ1) is 4.58. The van der Waals surface area contributed by atoms with Gasteiger partial charge >= 0.3 is 71.9 Å². The Hall–Kier alpha value is 0.176. The van der Waals surface area contributed by atoms with Crippen molar-refractivity contribution in [3.8, 4) is 0 Å². The van der Waals surface area contributed by atoms with Crippen LogP contribution in [0.15, 0.2) is 0 Å². The third kappa shape index (κ3) is 0.0317. The Morgan fingerprint density at radius 2 is 1.36 bits per heavy atom. The van der Waals surface area contributed by atoms with Crippen LogP contribution in [0.25, 0.3) is 0 Å². The summed E-state index contributed by atoms with van der Waals surface area (Å²) in [7, 11) is 0. The van der Waals surface area contributed by atoms with E-state index < -0.39 is 6.37 Å². The Labute approximate surface area is 72.1 Å². The van der Waals surface area contributed by atoms with E-state index in [0.717, 1.165) is 5.78 Å². The maximum absolute atomic E-state index is 12.2. The molecule has 0 aromatic heterocycles. The van der Waals surface area contributed by atoms with Crippen molar-refractivity contribution in [1.29, 1.82) is 0 Å². The molecule has 14 heavy (non-hydrogen) atoms. The second-order valence-electron chi connectivity index (χ2n) is 9.80. The van der Waals surface area contributed by atoms with Crippen molar-refractivity contribution in [2.24, 2.45) is 0 Å². The van der Waals surface area contributed by atoms with Crippen molar-refractivity contribution in [3.05, 3.63) is 0 Å². The van der Waals surface area contributed by atoms with Gasteiger partial charge in [-0.2, -0.15) is 0 Å². The molecule has 0 amide bonds. The Morgan fingerprint density at radius 1 is 0.929 bits per heavy atom. The molecule has 0 bridgehead atoms. The zero-order chi connectivity index (χ0) is 8.59. The fourth-order valence-corrected chi connectivity index (χ4v) is 84.8. The van der Waals surface area contributed by atoms with Crippen LogP contribution in [-0.4, -0.2) is 5.78 Å². The van der Waals surface area contributed by atoms with E-state index in [0.29, 0.717) is 4.35 Å². The van der Waals surface area contributed by atoms with Gasteiger partial charge in [-0.05, 0) is 0 Å². The summed E-state index contributed by atoms with van der Waals surface area (Å²) < 4.78 is 0.548. The van der Waals surface area contributed by atoms with Gasteiger partial charge in [0.25, 0.3) is 0 Å². The third-order valence-corrected chi connectivity index (χ3v) is 54.4. The van der Waals surface area contributed by atoms with E-state index in [1.807, 2.05) is 6.92 Å². The molecule has 4 atom stereocenters. The summed E-state index contributed by atoms with van der Waals surface area (Å²) in [6.45, 7) is 1.99. The van der Waals surface area contributed by atoms with Crippen LogP contribution >= 0.6 is 0 Å². The predicted molar refractivity (Wildman–Crippen MR) is 47.1 cm³/mol. The molecule has 0 N–H and O–H groups in total. The van der Waals surface area contributed by atoms with Gasteiger partial charge in [0.05, 0.1) is 0 Å². The fourth-order valence-electron chi connectivity index (χ4n) is 16.1. The molecule has 10 aliphatic heterocycles. The van der Waals surface area contributed by atoms with Crippen LogP contribution in [0, 0.1) is 0 Å². The van der Waals surface area contributed by atoms with Crippen molar-refractivity contribution >= 4 is 5.78 Å². The molecule has 0 saturated carbocycles. The van der Waals surface area contributed by atoms with Crippen molar-refractivity contribution in [3.63, 3.8) is 0 Å². The Bertz CT molecular complexity index is 844.